The average molecular weight is 386 g/mol. The number of hydrogen-bond acceptors (Lipinski definition) is 5. The molecule has 3 aromatic rings. The van der Waals surface area contributed by atoms with Crippen molar-refractivity contribution in [1.29, 1.82) is 0 Å². The maximum absolute atomic E-state index is 12.5. The molecule has 2 aromatic heterocycles. The zero-order valence-corrected chi connectivity index (χ0v) is 12.8. The summed E-state index contributed by atoms with van der Waals surface area (Å²) in [6.45, 7) is 0. The summed E-state index contributed by atoms with van der Waals surface area (Å²) >= 11 is 3.27. The third-order valence-corrected chi connectivity index (χ3v) is 3.11. The van der Waals surface area contributed by atoms with E-state index in [1.165, 1.54) is 12.3 Å². The van der Waals surface area contributed by atoms with Crippen molar-refractivity contribution in [1.82, 2.24) is 15.1 Å². The summed E-state index contributed by atoms with van der Waals surface area (Å²) in [4.78, 5) is 7.29. The van der Waals surface area contributed by atoms with E-state index in [2.05, 4.69) is 35.6 Å². The lowest BCUT2D eigenvalue weighted by molar-refractivity contribution is -0.159. The molecule has 0 saturated carbocycles. The lowest BCUT2D eigenvalue weighted by atomic mass is 10.2. The number of benzene rings is 1. The van der Waals surface area contributed by atoms with Crippen molar-refractivity contribution < 1.29 is 22.4 Å². The Balaban J connectivity index is 1.86. The first-order valence-electron chi connectivity index (χ1n) is 6.21. The summed E-state index contributed by atoms with van der Waals surface area (Å²) in [6, 6.07) is 8.02. The van der Waals surface area contributed by atoms with Crippen LogP contribution in [0, 0.1) is 0 Å². The van der Waals surface area contributed by atoms with Crippen LogP contribution in [0.4, 0.5) is 13.2 Å². The topological polar surface area (TPSA) is 61.0 Å². The van der Waals surface area contributed by atoms with Crippen LogP contribution in [0.25, 0.3) is 11.4 Å². The van der Waals surface area contributed by atoms with Gasteiger partial charge in [0.25, 0.3) is 0 Å². The first kappa shape index (κ1) is 15.5. The quantitative estimate of drug-likeness (QED) is 0.653. The van der Waals surface area contributed by atoms with Gasteiger partial charge in [-0.2, -0.15) is 18.2 Å². The number of ether oxygens (including phenoxy) is 1. The smallest absolute Gasteiger partial charge is 0.456 e. The fraction of sp³-hybridized carbons (Fsp3) is 0.0714. The van der Waals surface area contributed by atoms with Gasteiger partial charge in [0.1, 0.15) is 11.5 Å². The molecule has 1 aromatic carbocycles. The van der Waals surface area contributed by atoms with E-state index < -0.39 is 12.1 Å². The van der Waals surface area contributed by atoms with Gasteiger partial charge in [-0.05, 0) is 34.1 Å². The molecule has 0 aliphatic heterocycles. The average Bonchev–Trinajstić information content (AvgIpc) is 2.97. The summed E-state index contributed by atoms with van der Waals surface area (Å²) in [5, 5.41) is 3.33. The standard InChI is InChI=1S/C14H7BrF3N3O2/c15-9-5-11(7-19-6-9)22-10-3-1-2-8(4-10)12-20-13(23-21-12)14(16,17)18/h1-7H. The molecule has 0 amide bonds. The van der Waals surface area contributed by atoms with Crippen LogP contribution in [0.1, 0.15) is 5.89 Å². The Morgan fingerprint density at radius 3 is 2.61 bits per heavy atom. The zero-order chi connectivity index (χ0) is 16.4. The minimum absolute atomic E-state index is 0.171. The molecule has 0 aliphatic rings. The third-order valence-electron chi connectivity index (χ3n) is 2.68. The lowest BCUT2D eigenvalue weighted by Gasteiger charge is -2.06. The molecule has 0 bridgehead atoms. The molecule has 0 unspecified atom stereocenters. The molecule has 9 heteroatoms. The van der Waals surface area contributed by atoms with Gasteiger partial charge in [-0.15, -0.1) is 0 Å². The summed E-state index contributed by atoms with van der Waals surface area (Å²) in [5.74, 6) is -0.688. The second kappa shape index (κ2) is 5.99. The summed E-state index contributed by atoms with van der Waals surface area (Å²) < 4.78 is 48.0. The Kier molecular flexibility index (Phi) is 4.03. The highest BCUT2D eigenvalue weighted by Gasteiger charge is 2.38. The summed E-state index contributed by atoms with van der Waals surface area (Å²) in [5.41, 5.74) is 0.338. The second-order valence-corrected chi connectivity index (χ2v) is 5.31. The number of pyridine rings is 1. The number of aromatic nitrogens is 3. The molecule has 23 heavy (non-hydrogen) atoms. The van der Waals surface area contributed by atoms with Crippen molar-refractivity contribution in [3.05, 3.63) is 53.1 Å². The van der Waals surface area contributed by atoms with E-state index in [0.29, 0.717) is 17.1 Å². The van der Waals surface area contributed by atoms with Crippen LogP contribution in [0.2, 0.25) is 0 Å². The normalized spacial score (nSPS) is 11.5. The van der Waals surface area contributed by atoms with Gasteiger partial charge in [-0.1, -0.05) is 17.3 Å². The predicted octanol–water partition coefficient (Wildman–Crippen LogP) is 4.71. The number of alkyl halides is 3. The molecule has 0 fully saturated rings. The Labute approximate surface area is 136 Å². The van der Waals surface area contributed by atoms with Crippen LogP contribution in [-0.2, 0) is 6.18 Å². The molecule has 0 N–H and O–H groups in total. The third kappa shape index (κ3) is 3.67. The fourth-order valence-electron chi connectivity index (χ4n) is 1.74. The van der Waals surface area contributed by atoms with Crippen molar-refractivity contribution in [2.75, 3.05) is 0 Å². The molecular weight excluding hydrogens is 379 g/mol. The van der Waals surface area contributed by atoms with Gasteiger partial charge in [-0.25, -0.2) is 0 Å². The maximum Gasteiger partial charge on any atom is 0.471 e. The van der Waals surface area contributed by atoms with Crippen LogP contribution >= 0.6 is 15.9 Å². The Hall–Kier alpha value is -2.42. The lowest BCUT2D eigenvalue weighted by Crippen LogP contribution is -2.04. The summed E-state index contributed by atoms with van der Waals surface area (Å²) in [6.07, 6.45) is -1.57. The van der Waals surface area contributed by atoms with E-state index in [9.17, 15) is 13.2 Å². The van der Waals surface area contributed by atoms with Gasteiger partial charge in [-0.3, -0.25) is 4.98 Å². The first-order chi connectivity index (χ1) is 10.9. The molecule has 0 radical (unpaired) electrons. The monoisotopic (exact) mass is 385 g/mol. The highest BCUT2D eigenvalue weighted by Crippen LogP contribution is 2.31. The van der Waals surface area contributed by atoms with E-state index in [1.54, 1.807) is 30.5 Å². The Morgan fingerprint density at radius 1 is 1.09 bits per heavy atom. The van der Waals surface area contributed by atoms with Crippen LogP contribution < -0.4 is 4.74 Å². The minimum atomic E-state index is -4.68. The summed E-state index contributed by atoms with van der Waals surface area (Å²) in [7, 11) is 0. The van der Waals surface area contributed by atoms with Gasteiger partial charge >= 0.3 is 12.1 Å². The van der Waals surface area contributed by atoms with Crippen LogP contribution in [0.3, 0.4) is 0 Å². The minimum Gasteiger partial charge on any atom is -0.456 e. The molecule has 0 saturated heterocycles. The van der Waals surface area contributed by atoms with Crippen molar-refractivity contribution in [2.24, 2.45) is 0 Å². The molecule has 118 valence electrons. The SMILES string of the molecule is FC(F)(F)c1nc(-c2cccc(Oc3cncc(Br)c3)c2)no1. The first-order valence-corrected chi connectivity index (χ1v) is 7.01. The van der Waals surface area contributed by atoms with Gasteiger partial charge in [0.2, 0.25) is 5.82 Å². The van der Waals surface area contributed by atoms with Gasteiger partial charge < -0.3 is 9.26 Å². The predicted molar refractivity (Wildman–Crippen MR) is 76.7 cm³/mol. The van der Waals surface area contributed by atoms with E-state index in [0.717, 1.165) is 4.47 Å². The van der Waals surface area contributed by atoms with Gasteiger partial charge in [0, 0.05) is 16.2 Å². The number of halogens is 4. The van der Waals surface area contributed by atoms with Crippen molar-refractivity contribution in [3.8, 4) is 22.9 Å². The molecule has 0 aliphatic carbocycles. The van der Waals surface area contributed by atoms with Crippen LogP contribution in [-0.4, -0.2) is 15.1 Å². The van der Waals surface area contributed by atoms with E-state index in [1.807, 2.05) is 0 Å². The molecule has 5 nitrogen and oxygen atoms in total. The van der Waals surface area contributed by atoms with Crippen LogP contribution in [0.5, 0.6) is 11.5 Å². The molecule has 0 atom stereocenters. The van der Waals surface area contributed by atoms with E-state index in [-0.39, 0.29) is 5.82 Å². The molecule has 2 heterocycles. The fourth-order valence-corrected chi connectivity index (χ4v) is 2.08. The highest BCUT2D eigenvalue weighted by atomic mass is 79.9. The maximum atomic E-state index is 12.5. The number of nitrogens with zero attached hydrogens (tertiary/aromatic N) is 3. The number of hydrogen-bond donors (Lipinski definition) is 0. The molecular formula is C14H7BrF3N3O2. The van der Waals surface area contributed by atoms with Gasteiger partial charge in [0.05, 0.1) is 6.20 Å². The largest absolute Gasteiger partial charge is 0.471 e. The number of rotatable bonds is 3. The Bertz CT molecular complexity index is 836. The van der Waals surface area contributed by atoms with Crippen molar-refractivity contribution in [2.45, 2.75) is 6.18 Å². The van der Waals surface area contributed by atoms with Crippen LogP contribution in [0.15, 0.2) is 51.7 Å². The zero-order valence-electron chi connectivity index (χ0n) is 11.2. The van der Waals surface area contributed by atoms with Crippen molar-refractivity contribution >= 4 is 15.9 Å². The van der Waals surface area contributed by atoms with E-state index >= 15 is 0 Å². The van der Waals surface area contributed by atoms with Gasteiger partial charge in [0.15, 0.2) is 0 Å². The van der Waals surface area contributed by atoms with E-state index in [4.69, 9.17) is 4.74 Å². The van der Waals surface area contributed by atoms with Crippen molar-refractivity contribution in [3.63, 3.8) is 0 Å². The molecule has 0 spiro atoms. The Morgan fingerprint density at radius 2 is 1.91 bits per heavy atom. The highest BCUT2D eigenvalue weighted by molar-refractivity contribution is 9.10. The molecule has 3 rings (SSSR count). The second-order valence-electron chi connectivity index (χ2n) is 4.39.